The lowest BCUT2D eigenvalue weighted by atomic mass is 10.1. The summed E-state index contributed by atoms with van der Waals surface area (Å²) < 4.78 is 1.74. The predicted molar refractivity (Wildman–Crippen MR) is 103 cm³/mol. The molecule has 140 valence electrons. The van der Waals surface area contributed by atoms with Crippen molar-refractivity contribution in [3.63, 3.8) is 0 Å². The molecule has 2 aromatic rings. The lowest BCUT2D eigenvalue weighted by Crippen LogP contribution is -2.33. The summed E-state index contributed by atoms with van der Waals surface area (Å²) in [7, 11) is 5.84. The molecule has 1 saturated heterocycles. The molecule has 0 bridgehead atoms. The molecule has 0 radical (unpaired) electrons. The van der Waals surface area contributed by atoms with E-state index < -0.39 is 0 Å². The number of carbonyl (C=O) groups excluding carboxylic acids is 1. The molecule has 0 unspecified atom stereocenters. The highest BCUT2D eigenvalue weighted by Gasteiger charge is 2.21. The first-order chi connectivity index (χ1) is 12.5. The van der Waals surface area contributed by atoms with E-state index in [-0.39, 0.29) is 5.91 Å². The largest absolute Gasteiger partial charge is 0.381 e. The smallest absolute Gasteiger partial charge is 0.227 e. The maximum Gasteiger partial charge on any atom is 0.227 e. The van der Waals surface area contributed by atoms with E-state index in [4.69, 9.17) is 0 Å². The molecular formula is C19H28N6O. The van der Waals surface area contributed by atoms with Gasteiger partial charge in [0.15, 0.2) is 0 Å². The second-order valence-corrected chi connectivity index (χ2v) is 7.15. The third kappa shape index (κ3) is 4.74. The zero-order valence-electron chi connectivity index (χ0n) is 15.9. The summed E-state index contributed by atoms with van der Waals surface area (Å²) in [6, 6.07) is 4.46. The van der Waals surface area contributed by atoms with E-state index in [9.17, 15) is 4.79 Å². The monoisotopic (exact) mass is 356 g/mol. The van der Waals surface area contributed by atoms with Gasteiger partial charge in [-0.1, -0.05) is 0 Å². The third-order valence-corrected chi connectivity index (χ3v) is 4.77. The van der Waals surface area contributed by atoms with E-state index in [1.165, 1.54) is 0 Å². The Labute approximate surface area is 155 Å². The van der Waals surface area contributed by atoms with Crippen molar-refractivity contribution in [2.75, 3.05) is 37.4 Å². The molecule has 26 heavy (non-hydrogen) atoms. The van der Waals surface area contributed by atoms with Gasteiger partial charge in [0.05, 0.1) is 24.5 Å². The van der Waals surface area contributed by atoms with Crippen LogP contribution in [0.4, 0.5) is 11.5 Å². The summed E-state index contributed by atoms with van der Waals surface area (Å²) in [6.45, 7) is 1.62. The fourth-order valence-electron chi connectivity index (χ4n) is 3.31. The van der Waals surface area contributed by atoms with Crippen LogP contribution in [0.5, 0.6) is 0 Å². The van der Waals surface area contributed by atoms with Crippen LogP contribution >= 0.6 is 0 Å². The second-order valence-electron chi connectivity index (χ2n) is 7.15. The average molecular weight is 356 g/mol. The first kappa shape index (κ1) is 18.2. The first-order valence-electron chi connectivity index (χ1n) is 9.16. The molecule has 7 nitrogen and oxygen atoms in total. The Kier molecular flexibility index (Phi) is 5.75. The Morgan fingerprint density at radius 2 is 2.12 bits per heavy atom. The highest BCUT2D eigenvalue weighted by Crippen LogP contribution is 2.18. The number of aryl methyl sites for hydroxylation is 1. The number of carbonyl (C=O) groups is 1. The summed E-state index contributed by atoms with van der Waals surface area (Å²) in [5, 5.41) is 7.70. The SMILES string of the molecule is CN(C)c1ccc(N[C@@H]2CCCN(C(=O)Cc3cnn(C)c3)CC2)cn1. The molecule has 1 amide bonds. The first-order valence-corrected chi connectivity index (χ1v) is 9.16. The lowest BCUT2D eigenvalue weighted by molar-refractivity contribution is -0.130. The van der Waals surface area contributed by atoms with Crippen LogP contribution in [-0.4, -0.2) is 58.8 Å². The maximum atomic E-state index is 12.5. The second kappa shape index (κ2) is 8.21. The third-order valence-electron chi connectivity index (χ3n) is 4.77. The number of hydrogen-bond donors (Lipinski definition) is 1. The van der Waals surface area contributed by atoms with Gasteiger partial charge in [-0.25, -0.2) is 4.98 Å². The summed E-state index contributed by atoms with van der Waals surface area (Å²) in [4.78, 5) is 21.0. The molecule has 3 heterocycles. The molecule has 1 aliphatic heterocycles. The lowest BCUT2D eigenvalue weighted by Gasteiger charge is -2.21. The predicted octanol–water partition coefficient (Wildman–Crippen LogP) is 1.92. The van der Waals surface area contributed by atoms with Crippen molar-refractivity contribution in [2.45, 2.75) is 31.7 Å². The Bertz CT molecular complexity index is 724. The van der Waals surface area contributed by atoms with Crippen molar-refractivity contribution in [3.8, 4) is 0 Å². The van der Waals surface area contributed by atoms with Crippen LogP contribution in [-0.2, 0) is 18.3 Å². The van der Waals surface area contributed by atoms with Crippen LogP contribution in [0.25, 0.3) is 0 Å². The number of nitrogens with zero attached hydrogens (tertiary/aromatic N) is 5. The van der Waals surface area contributed by atoms with Gasteiger partial charge < -0.3 is 15.1 Å². The van der Waals surface area contributed by atoms with Crippen molar-refractivity contribution in [1.29, 1.82) is 0 Å². The molecule has 1 N–H and O–H groups in total. The van der Waals surface area contributed by atoms with Gasteiger partial charge in [-0.2, -0.15) is 5.10 Å². The van der Waals surface area contributed by atoms with Crippen LogP contribution in [0.1, 0.15) is 24.8 Å². The molecule has 1 fully saturated rings. The molecule has 0 saturated carbocycles. The summed E-state index contributed by atoms with van der Waals surface area (Å²) in [5.41, 5.74) is 2.01. The molecule has 0 aliphatic carbocycles. The summed E-state index contributed by atoms with van der Waals surface area (Å²) in [6.07, 6.45) is 9.02. The fourth-order valence-corrected chi connectivity index (χ4v) is 3.31. The molecule has 3 rings (SSSR count). The van der Waals surface area contributed by atoms with E-state index in [1.54, 1.807) is 10.9 Å². The summed E-state index contributed by atoms with van der Waals surface area (Å²) >= 11 is 0. The van der Waals surface area contributed by atoms with Crippen LogP contribution in [0.15, 0.2) is 30.7 Å². The Balaban J connectivity index is 1.52. The van der Waals surface area contributed by atoms with Gasteiger partial charge in [0.1, 0.15) is 5.82 Å². The van der Waals surface area contributed by atoms with E-state index in [0.29, 0.717) is 12.5 Å². The van der Waals surface area contributed by atoms with Crippen molar-refractivity contribution in [3.05, 3.63) is 36.3 Å². The van der Waals surface area contributed by atoms with Crippen molar-refractivity contribution in [1.82, 2.24) is 19.7 Å². The van der Waals surface area contributed by atoms with Crippen molar-refractivity contribution < 1.29 is 4.79 Å². The zero-order valence-corrected chi connectivity index (χ0v) is 15.9. The normalized spacial score (nSPS) is 17.7. The van der Waals surface area contributed by atoms with Gasteiger partial charge >= 0.3 is 0 Å². The number of nitrogens with one attached hydrogen (secondary N) is 1. The van der Waals surface area contributed by atoms with Gasteiger partial charge in [0.25, 0.3) is 0 Å². The van der Waals surface area contributed by atoms with Gasteiger partial charge in [0.2, 0.25) is 5.91 Å². The molecule has 1 aliphatic rings. The highest BCUT2D eigenvalue weighted by atomic mass is 16.2. The van der Waals surface area contributed by atoms with E-state index in [0.717, 1.165) is 49.4 Å². The Morgan fingerprint density at radius 1 is 1.27 bits per heavy atom. The molecule has 1 atom stereocenters. The molecule has 0 aromatic carbocycles. The number of amides is 1. The van der Waals surface area contributed by atoms with Crippen LogP contribution in [0, 0.1) is 0 Å². The van der Waals surface area contributed by atoms with Crippen molar-refractivity contribution in [2.24, 2.45) is 7.05 Å². The zero-order chi connectivity index (χ0) is 18.5. The average Bonchev–Trinajstić information content (AvgIpc) is 2.88. The van der Waals surface area contributed by atoms with E-state index in [2.05, 4.69) is 21.5 Å². The minimum Gasteiger partial charge on any atom is -0.381 e. The minimum absolute atomic E-state index is 0.190. The Morgan fingerprint density at radius 3 is 2.77 bits per heavy atom. The maximum absolute atomic E-state index is 12.5. The fraction of sp³-hybridized carbons (Fsp3) is 0.526. The van der Waals surface area contributed by atoms with Crippen LogP contribution < -0.4 is 10.2 Å². The highest BCUT2D eigenvalue weighted by molar-refractivity contribution is 5.78. The van der Waals surface area contributed by atoms with Gasteiger partial charge in [-0.3, -0.25) is 9.48 Å². The Hall–Kier alpha value is -2.57. The van der Waals surface area contributed by atoms with Crippen molar-refractivity contribution >= 4 is 17.4 Å². The quantitative estimate of drug-likeness (QED) is 0.887. The minimum atomic E-state index is 0.190. The standard InChI is InChI=1S/C19H28N6O/c1-23(2)18-7-6-17(13-20-18)22-16-5-4-9-25(10-8-16)19(26)11-15-12-21-24(3)14-15/h6-7,12-14,16,22H,4-5,8-11H2,1-3H3/t16-/m1/s1. The number of rotatable bonds is 5. The number of pyridine rings is 1. The number of hydrogen-bond acceptors (Lipinski definition) is 5. The van der Waals surface area contributed by atoms with Gasteiger partial charge in [-0.05, 0) is 37.0 Å². The van der Waals surface area contributed by atoms with Crippen LogP contribution in [0.2, 0.25) is 0 Å². The number of likely N-dealkylation sites (tertiary alicyclic amines) is 1. The molecule has 0 spiro atoms. The number of anilines is 2. The van der Waals surface area contributed by atoms with Gasteiger partial charge in [0, 0.05) is 46.5 Å². The van der Waals surface area contributed by atoms with E-state index in [1.807, 2.05) is 49.4 Å². The molecular weight excluding hydrogens is 328 g/mol. The molecule has 2 aromatic heterocycles. The molecule has 7 heteroatoms. The van der Waals surface area contributed by atoms with Crippen LogP contribution in [0.3, 0.4) is 0 Å². The van der Waals surface area contributed by atoms with E-state index >= 15 is 0 Å². The van der Waals surface area contributed by atoms with Gasteiger partial charge in [-0.15, -0.1) is 0 Å². The summed E-state index contributed by atoms with van der Waals surface area (Å²) in [5.74, 6) is 1.14. The topological polar surface area (TPSA) is 66.3 Å². The number of aromatic nitrogens is 3.